The van der Waals surface area contributed by atoms with Gasteiger partial charge in [-0.3, -0.25) is 14.7 Å². The lowest BCUT2D eigenvalue weighted by atomic mass is 10.2. The third-order valence-corrected chi connectivity index (χ3v) is 4.79. The Hall–Kier alpha value is -2.80. The number of amidine groups is 1. The summed E-state index contributed by atoms with van der Waals surface area (Å²) in [5.74, 6) is 1.21. The van der Waals surface area contributed by atoms with Crippen molar-refractivity contribution in [1.29, 1.82) is 0 Å². The van der Waals surface area contributed by atoms with Gasteiger partial charge in [0.25, 0.3) is 5.91 Å². The van der Waals surface area contributed by atoms with E-state index in [4.69, 9.17) is 9.47 Å². The molecule has 0 N–H and O–H groups in total. The molecule has 0 aliphatic carbocycles. The van der Waals surface area contributed by atoms with Crippen molar-refractivity contribution in [2.45, 2.75) is 6.92 Å². The number of carbonyl (C=O) groups is 1. The van der Waals surface area contributed by atoms with E-state index in [0.717, 1.165) is 5.56 Å². The number of benzene rings is 1. The zero-order chi connectivity index (χ0) is 18.5. The van der Waals surface area contributed by atoms with E-state index >= 15 is 0 Å². The van der Waals surface area contributed by atoms with Gasteiger partial charge in [0.15, 0.2) is 16.7 Å². The van der Waals surface area contributed by atoms with Crippen LogP contribution in [-0.4, -0.2) is 41.7 Å². The molecule has 0 atom stereocenters. The highest BCUT2D eigenvalue weighted by molar-refractivity contribution is 8.18. The van der Waals surface area contributed by atoms with Crippen LogP contribution in [0.4, 0.5) is 5.69 Å². The Morgan fingerprint density at radius 1 is 1.23 bits per heavy atom. The van der Waals surface area contributed by atoms with Crippen molar-refractivity contribution >= 4 is 34.6 Å². The number of likely N-dealkylation sites (N-methyl/N-ethyl adjacent to an activating group) is 1. The number of rotatable bonds is 5. The van der Waals surface area contributed by atoms with E-state index in [1.54, 1.807) is 31.5 Å². The Bertz CT molecular complexity index is 866. The summed E-state index contributed by atoms with van der Waals surface area (Å²) in [6.45, 7) is 2.48. The summed E-state index contributed by atoms with van der Waals surface area (Å²) in [6, 6.07) is 9.21. The first kappa shape index (κ1) is 18.0. The minimum Gasteiger partial charge on any atom is -0.493 e. The van der Waals surface area contributed by atoms with E-state index < -0.39 is 0 Å². The second kappa shape index (κ2) is 8.05. The van der Waals surface area contributed by atoms with Gasteiger partial charge < -0.3 is 9.47 Å². The van der Waals surface area contributed by atoms with Gasteiger partial charge >= 0.3 is 0 Å². The van der Waals surface area contributed by atoms with Crippen LogP contribution >= 0.6 is 11.8 Å². The van der Waals surface area contributed by atoms with E-state index in [2.05, 4.69) is 9.98 Å². The molecule has 7 heteroatoms. The van der Waals surface area contributed by atoms with Crippen LogP contribution in [0.5, 0.6) is 11.5 Å². The minimum absolute atomic E-state index is 0.0603. The number of nitrogens with zero attached hydrogens (tertiary/aromatic N) is 3. The van der Waals surface area contributed by atoms with Crippen LogP contribution in [0, 0.1) is 0 Å². The maximum absolute atomic E-state index is 12.7. The van der Waals surface area contributed by atoms with Crippen molar-refractivity contribution in [2.75, 3.05) is 20.8 Å². The SMILES string of the molecule is CCN1C(=O)/C(=C/c2ccc(OC)c(OC)c2)SC1=Nc1cccnc1. The first-order valence-corrected chi connectivity index (χ1v) is 8.90. The number of ether oxygens (including phenoxy) is 2. The zero-order valence-electron chi connectivity index (χ0n) is 14.8. The van der Waals surface area contributed by atoms with Gasteiger partial charge in [-0.2, -0.15) is 0 Å². The van der Waals surface area contributed by atoms with Crippen LogP contribution in [0.25, 0.3) is 6.08 Å². The fraction of sp³-hybridized carbons (Fsp3) is 0.211. The van der Waals surface area contributed by atoms with Crippen LogP contribution in [0.3, 0.4) is 0 Å². The Morgan fingerprint density at radius 3 is 2.69 bits per heavy atom. The van der Waals surface area contributed by atoms with Crippen molar-refractivity contribution in [3.8, 4) is 11.5 Å². The van der Waals surface area contributed by atoms with Crippen LogP contribution in [0.1, 0.15) is 12.5 Å². The lowest BCUT2D eigenvalue weighted by Gasteiger charge is -2.11. The quantitative estimate of drug-likeness (QED) is 0.752. The summed E-state index contributed by atoms with van der Waals surface area (Å²) in [6.07, 6.45) is 5.20. The molecule has 26 heavy (non-hydrogen) atoms. The lowest BCUT2D eigenvalue weighted by Crippen LogP contribution is -2.28. The lowest BCUT2D eigenvalue weighted by molar-refractivity contribution is -0.122. The average molecular weight is 369 g/mol. The topological polar surface area (TPSA) is 64.0 Å². The average Bonchev–Trinajstić information content (AvgIpc) is 2.96. The second-order valence-electron chi connectivity index (χ2n) is 5.38. The van der Waals surface area contributed by atoms with Gasteiger partial charge in [0.2, 0.25) is 0 Å². The first-order valence-electron chi connectivity index (χ1n) is 8.08. The molecule has 3 rings (SSSR count). The molecule has 1 amide bonds. The van der Waals surface area contributed by atoms with E-state index in [1.807, 2.05) is 43.3 Å². The van der Waals surface area contributed by atoms with Gasteiger partial charge in [-0.25, -0.2) is 4.99 Å². The summed E-state index contributed by atoms with van der Waals surface area (Å²) in [5.41, 5.74) is 1.57. The number of aromatic nitrogens is 1. The molecule has 134 valence electrons. The number of carbonyl (C=O) groups excluding carboxylic acids is 1. The van der Waals surface area contributed by atoms with Crippen molar-refractivity contribution in [3.63, 3.8) is 0 Å². The smallest absolute Gasteiger partial charge is 0.266 e. The number of pyridine rings is 1. The van der Waals surface area contributed by atoms with Crippen molar-refractivity contribution in [1.82, 2.24) is 9.88 Å². The molecule has 1 aromatic heterocycles. The standard InChI is InChI=1S/C19H19N3O3S/c1-4-22-18(23)17(26-19(22)21-14-6-5-9-20-12-14)11-13-7-8-15(24-2)16(10-13)25-3/h5-12H,4H2,1-3H3/b17-11-,21-19?. The van der Waals surface area contributed by atoms with Crippen LogP contribution < -0.4 is 9.47 Å². The maximum atomic E-state index is 12.7. The predicted octanol–water partition coefficient (Wildman–Crippen LogP) is 3.72. The minimum atomic E-state index is -0.0603. The molecule has 1 aromatic carbocycles. The van der Waals surface area contributed by atoms with Gasteiger partial charge in [0, 0.05) is 12.7 Å². The molecular weight excluding hydrogens is 350 g/mol. The summed E-state index contributed by atoms with van der Waals surface area (Å²) in [5, 5.41) is 0.650. The molecule has 0 radical (unpaired) electrons. The van der Waals surface area contributed by atoms with E-state index in [9.17, 15) is 4.79 Å². The summed E-state index contributed by atoms with van der Waals surface area (Å²) < 4.78 is 10.6. The van der Waals surface area contributed by atoms with Crippen LogP contribution in [0.2, 0.25) is 0 Å². The molecule has 6 nitrogen and oxygen atoms in total. The largest absolute Gasteiger partial charge is 0.493 e. The van der Waals surface area contributed by atoms with Gasteiger partial charge in [0.1, 0.15) is 0 Å². The number of hydrogen-bond acceptors (Lipinski definition) is 6. The molecule has 0 unspecified atom stereocenters. The molecule has 2 aromatic rings. The maximum Gasteiger partial charge on any atom is 0.266 e. The van der Waals surface area contributed by atoms with Gasteiger partial charge in [-0.05, 0) is 54.6 Å². The monoisotopic (exact) mass is 369 g/mol. The Kier molecular flexibility index (Phi) is 5.58. The molecule has 0 bridgehead atoms. The number of aliphatic imine (C=N–C) groups is 1. The summed E-state index contributed by atoms with van der Waals surface area (Å²) in [7, 11) is 3.17. The van der Waals surface area contributed by atoms with Gasteiger partial charge in [-0.15, -0.1) is 0 Å². The molecular formula is C19H19N3O3S. The summed E-state index contributed by atoms with van der Waals surface area (Å²) >= 11 is 1.35. The number of methoxy groups -OCH3 is 2. The first-order chi connectivity index (χ1) is 12.7. The Morgan fingerprint density at radius 2 is 2.04 bits per heavy atom. The number of hydrogen-bond donors (Lipinski definition) is 0. The highest BCUT2D eigenvalue weighted by atomic mass is 32.2. The molecule has 0 saturated carbocycles. The van der Waals surface area contributed by atoms with E-state index in [1.165, 1.54) is 11.8 Å². The highest BCUT2D eigenvalue weighted by Crippen LogP contribution is 2.35. The van der Waals surface area contributed by atoms with Gasteiger partial charge in [-0.1, -0.05) is 6.07 Å². The zero-order valence-corrected chi connectivity index (χ0v) is 15.6. The van der Waals surface area contributed by atoms with Crippen molar-refractivity contribution < 1.29 is 14.3 Å². The Labute approximate surface area is 156 Å². The van der Waals surface area contributed by atoms with Crippen LogP contribution in [0.15, 0.2) is 52.6 Å². The molecule has 1 aliphatic heterocycles. The van der Waals surface area contributed by atoms with E-state index in [0.29, 0.717) is 33.8 Å². The van der Waals surface area contributed by atoms with Crippen molar-refractivity contribution in [2.24, 2.45) is 4.99 Å². The fourth-order valence-corrected chi connectivity index (χ4v) is 3.56. The van der Waals surface area contributed by atoms with Crippen LogP contribution in [-0.2, 0) is 4.79 Å². The van der Waals surface area contributed by atoms with Crippen molar-refractivity contribution in [3.05, 3.63) is 53.2 Å². The summed E-state index contributed by atoms with van der Waals surface area (Å²) in [4.78, 5) is 23.6. The highest BCUT2D eigenvalue weighted by Gasteiger charge is 2.32. The number of amides is 1. The Balaban J connectivity index is 1.92. The second-order valence-corrected chi connectivity index (χ2v) is 6.39. The molecule has 2 heterocycles. The fourth-order valence-electron chi connectivity index (χ4n) is 2.49. The molecule has 1 saturated heterocycles. The third kappa shape index (κ3) is 3.72. The molecule has 1 aliphatic rings. The third-order valence-electron chi connectivity index (χ3n) is 3.78. The predicted molar refractivity (Wildman–Crippen MR) is 104 cm³/mol. The van der Waals surface area contributed by atoms with Gasteiger partial charge in [0.05, 0.1) is 31.0 Å². The normalized spacial score (nSPS) is 17.2. The molecule has 0 spiro atoms. The van der Waals surface area contributed by atoms with E-state index in [-0.39, 0.29) is 5.91 Å². The number of thioether (sulfide) groups is 1. The molecule has 1 fully saturated rings.